The number of likely N-dealkylation sites (tertiary alicyclic amines) is 1. The van der Waals surface area contributed by atoms with Crippen LogP contribution in [0.3, 0.4) is 0 Å². The molecule has 2 amide bonds. The first-order valence-electron chi connectivity index (χ1n) is 8.68. The van der Waals surface area contributed by atoms with E-state index in [2.05, 4.69) is 15.6 Å². The highest BCUT2D eigenvalue weighted by Gasteiger charge is 2.19. The Kier molecular flexibility index (Phi) is 5.42. The first kappa shape index (κ1) is 17.1. The van der Waals surface area contributed by atoms with Crippen LogP contribution in [0.1, 0.15) is 48.3 Å². The summed E-state index contributed by atoms with van der Waals surface area (Å²) in [5.41, 5.74) is 1.41. The summed E-state index contributed by atoms with van der Waals surface area (Å²) in [5, 5.41) is 10.9. The van der Waals surface area contributed by atoms with Crippen LogP contribution in [0.5, 0.6) is 0 Å². The fourth-order valence-electron chi connectivity index (χ4n) is 2.96. The maximum atomic E-state index is 12.2. The van der Waals surface area contributed by atoms with Crippen molar-refractivity contribution in [3.05, 3.63) is 47.8 Å². The van der Waals surface area contributed by atoms with E-state index < -0.39 is 0 Å². The quantitative estimate of drug-likeness (QED) is 0.776. The molecule has 0 bridgehead atoms. The molecule has 25 heavy (non-hydrogen) atoms. The molecule has 7 heteroatoms. The van der Waals surface area contributed by atoms with Crippen molar-refractivity contribution in [1.29, 1.82) is 0 Å². The highest BCUT2D eigenvalue weighted by Crippen LogP contribution is 2.16. The van der Waals surface area contributed by atoms with E-state index in [1.165, 1.54) is 0 Å². The monoisotopic (exact) mass is 341 g/mol. The van der Waals surface area contributed by atoms with Gasteiger partial charge in [0, 0.05) is 26.1 Å². The molecule has 1 saturated heterocycles. The molecule has 7 nitrogen and oxygen atoms in total. The fourth-order valence-corrected chi connectivity index (χ4v) is 2.96. The Morgan fingerprint density at radius 1 is 1.32 bits per heavy atom. The number of nitrogens with one attached hydrogen (secondary N) is 1. The van der Waals surface area contributed by atoms with Gasteiger partial charge in [-0.25, -0.2) is 4.68 Å². The summed E-state index contributed by atoms with van der Waals surface area (Å²) >= 11 is 0. The minimum absolute atomic E-state index is 0.0106. The van der Waals surface area contributed by atoms with Crippen molar-refractivity contribution in [2.45, 2.75) is 32.2 Å². The summed E-state index contributed by atoms with van der Waals surface area (Å²) in [6.07, 6.45) is 3.99. The second-order valence-electron chi connectivity index (χ2n) is 6.26. The minimum atomic E-state index is -0.237. The lowest BCUT2D eigenvalue weighted by Gasteiger charge is -2.15. The fraction of sp³-hybridized carbons (Fsp3) is 0.444. The van der Waals surface area contributed by atoms with Gasteiger partial charge in [0.2, 0.25) is 5.91 Å². The molecule has 1 fully saturated rings. The van der Waals surface area contributed by atoms with E-state index in [1.807, 2.05) is 42.2 Å². The van der Waals surface area contributed by atoms with E-state index in [0.29, 0.717) is 25.2 Å². The maximum absolute atomic E-state index is 12.2. The van der Waals surface area contributed by atoms with Crippen LogP contribution in [-0.2, 0) is 4.79 Å². The van der Waals surface area contributed by atoms with Crippen LogP contribution in [-0.4, -0.2) is 51.3 Å². The van der Waals surface area contributed by atoms with E-state index in [-0.39, 0.29) is 17.9 Å². The third-order valence-electron chi connectivity index (χ3n) is 4.48. The van der Waals surface area contributed by atoms with E-state index in [4.69, 9.17) is 0 Å². The maximum Gasteiger partial charge on any atom is 0.273 e. The van der Waals surface area contributed by atoms with Crippen molar-refractivity contribution in [3.8, 4) is 0 Å². The smallest absolute Gasteiger partial charge is 0.273 e. The highest BCUT2D eigenvalue weighted by atomic mass is 16.2. The molecule has 1 aromatic heterocycles. The molecule has 2 aromatic rings. The number of hydrogen-bond donors (Lipinski definition) is 1. The molecule has 0 saturated carbocycles. The minimum Gasteiger partial charge on any atom is -0.351 e. The molecule has 0 unspecified atom stereocenters. The number of benzene rings is 1. The molecular weight excluding hydrogens is 318 g/mol. The predicted molar refractivity (Wildman–Crippen MR) is 93.0 cm³/mol. The van der Waals surface area contributed by atoms with Gasteiger partial charge in [-0.05, 0) is 25.3 Å². The van der Waals surface area contributed by atoms with Gasteiger partial charge in [0.15, 0.2) is 5.69 Å². The number of hydrogen-bond acceptors (Lipinski definition) is 4. The van der Waals surface area contributed by atoms with Gasteiger partial charge in [-0.3, -0.25) is 9.59 Å². The van der Waals surface area contributed by atoms with E-state index >= 15 is 0 Å². The standard InChI is InChI=1S/C18H23N5O2/c1-14(15-7-3-2-4-8-15)23-13-16(20-21-23)18(25)19-10-6-12-22-11-5-9-17(22)24/h2-4,7-8,13-14H,5-6,9-12H2,1H3,(H,19,25)/t14-/m0/s1. The summed E-state index contributed by atoms with van der Waals surface area (Å²) in [6.45, 7) is 4.05. The van der Waals surface area contributed by atoms with E-state index in [9.17, 15) is 9.59 Å². The second kappa shape index (κ2) is 7.92. The van der Waals surface area contributed by atoms with Gasteiger partial charge in [-0.1, -0.05) is 35.5 Å². The largest absolute Gasteiger partial charge is 0.351 e. The number of carbonyl (C=O) groups excluding carboxylic acids is 2. The molecule has 1 aromatic carbocycles. The van der Waals surface area contributed by atoms with Crippen molar-refractivity contribution in [3.63, 3.8) is 0 Å². The average Bonchev–Trinajstić information content (AvgIpc) is 3.28. The third-order valence-corrected chi connectivity index (χ3v) is 4.48. The van der Waals surface area contributed by atoms with Crippen LogP contribution in [0, 0.1) is 0 Å². The summed E-state index contributed by atoms with van der Waals surface area (Å²) < 4.78 is 1.69. The number of nitrogens with zero attached hydrogens (tertiary/aromatic N) is 4. The molecule has 2 heterocycles. The molecule has 1 aliphatic heterocycles. The number of amides is 2. The summed E-state index contributed by atoms with van der Waals surface area (Å²) in [4.78, 5) is 25.5. The van der Waals surface area contributed by atoms with Crippen molar-refractivity contribution in [2.75, 3.05) is 19.6 Å². The Morgan fingerprint density at radius 3 is 2.84 bits per heavy atom. The molecule has 1 N–H and O–H groups in total. The van der Waals surface area contributed by atoms with Crippen LogP contribution in [0.25, 0.3) is 0 Å². The SMILES string of the molecule is C[C@@H](c1ccccc1)n1cc(C(=O)NCCCN2CCCC2=O)nn1. The zero-order valence-electron chi connectivity index (χ0n) is 14.4. The van der Waals surface area contributed by atoms with Crippen LogP contribution in [0.4, 0.5) is 0 Å². The topological polar surface area (TPSA) is 80.1 Å². The number of rotatable bonds is 7. The van der Waals surface area contributed by atoms with Crippen molar-refractivity contribution >= 4 is 11.8 Å². The van der Waals surface area contributed by atoms with Crippen LogP contribution >= 0.6 is 0 Å². The first-order chi connectivity index (χ1) is 12.1. The lowest BCUT2D eigenvalue weighted by molar-refractivity contribution is -0.127. The first-order valence-corrected chi connectivity index (χ1v) is 8.68. The van der Waals surface area contributed by atoms with Crippen LogP contribution in [0.2, 0.25) is 0 Å². The molecule has 132 valence electrons. The molecule has 0 radical (unpaired) electrons. The second-order valence-corrected chi connectivity index (χ2v) is 6.26. The average molecular weight is 341 g/mol. The molecule has 1 aliphatic rings. The Balaban J connectivity index is 1.48. The lowest BCUT2D eigenvalue weighted by atomic mass is 10.1. The Morgan fingerprint density at radius 2 is 2.12 bits per heavy atom. The van der Waals surface area contributed by atoms with E-state index in [0.717, 1.165) is 24.9 Å². The highest BCUT2D eigenvalue weighted by molar-refractivity contribution is 5.91. The Hall–Kier alpha value is -2.70. The van der Waals surface area contributed by atoms with Crippen LogP contribution in [0.15, 0.2) is 36.5 Å². The van der Waals surface area contributed by atoms with Gasteiger partial charge < -0.3 is 10.2 Å². The molecule has 0 aliphatic carbocycles. The van der Waals surface area contributed by atoms with Gasteiger partial charge in [-0.2, -0.15) is 0 Å². The Bertz CT molecular complexity index is 728. The molecule has 1 atom stereocenters. The third kappa shape index (κ3) is 4.23. The molecule has 0 spiro atoms. The number of aromatic nitrogens is 3. The van der Waals surface area contributed by atoms with Gasteiger partial charge in [0.25, 0.3) is 5.91 Å². The molecular formula is C18H23N5O2. The summed E-state index contributed by atoms with van der Waals surface area (Å²) in [6, 6.07) is 9.96. The number of carbonyl (C=O) groups is 2. The van der Waals surface area contributed by atoms with Crippen molar-refractivity contribution in [2.24, 2.45) is 0 Å². The summed E-state index contributed by atoms with van der Waals surface area (Å²) in [5.74, 6) is -0.0246. The van der Waals surface area contributed by atoms with Crippen LogP contribution < -0.4 is 5.32 Å². The zero-order chi connectivity index (χ0) is 17.6. The van der Waals surface area contributed by atoms with Crippen molar-refractivity contribution in [1.82, 2.24) is 25.2 Å². The van der Waals surface area contributed by atoms with Gasteiger partial charge >= 0.3 is 0 Å². The predicted octanol–water partition coefficient (Wildman–Crippen LogP) is 1.63. The lowest BCUT2D eigenvalue weighted by Crippen LogP contribution is -2.30. The van der Waals surface area contributed by atoms with Gasteiger partial charge in [0.05, 0.1) is 12.2 Å². The summed E-state index contributed by atoms with van der Waals surface area (Å²) in [7, 11) is 0. The van der Waals surface area contributed by atoms with Crippen molar-refractivity contribution < 1.29 is 9.59 Å². The van der Waals surface area contributed by atoms with E-state index in [1.54, 1.807) is 10.9 Å². The molecule has 3 rings (SSSR count). The normalized spacial score (nSPS) is 15.4. The zero-order valence-corrected chi connectivity index (χ0v) is 14.4. The van der Waals surface area contributed by atoms with Gasteiger partial charge in [0.1, 0.15) is 0 Å². The Labute approximate surface area is 147 Å². The van der Waals surface area contributed by atoms with Gasteiger partial charge in [-0.15, -0.1) is 5.10 Å².